The van der Waals surface area contributed by atoms with Crippen molar-refractivity contribution in [3.8, 4) is 0 Å². The van der Waals surface area contributed by atoms with Gasteiger partial charge >= 0.3 is 19.8 Å². The number of carboxylic acid groups (broad SMARTS) is 1. The van der Waals surface area contributed by atoms with Crippen molar-refractivity contribution in [3.05, 3.63) is 0 Å². The first-order chi connectivity index (χ1) is 23.6. The summed E-state index contributed by atoms with van der Waals surface area (Å²) in [6, 6.07) is -1.54. The highest BCUT2D eigenvalue weighted by molar-refractivity contribution is 7.47. The van der Waals surface area contributed by atoms with E-state index < -0.39 is 57.6 Å². The van der Waals surface area contributed by atoms with Crippen molar-refractivity contribution in [1.29, 1.82) is 0 Å². The second-order valence-corrected chi connectivity index (χ2v) is 14.9. The number of ether oxygens (including phenoxy) is 1. The molecule has 3 unspecified atom stereocenters. The van der Waals surface area contributed by atoms with Gasteiger partial charge in [-0.05, 0) is 12.8 Å². The van der Waals surface area contributed by atoms with E-state index >= 15 is 0 Å². The molecule has 0 aliphatic heterocycles. The van der Waals surface area contributed by atoms with Crippen LogP contribution in [0.1, 0.15) is 187 Å². The summed E-state index contributed by atoms with van der Waals surface area (Å²) in [5, 5.41) is 21.6. The highest BCUT2D eigenvalue weighted by Gasteiger charge is 2.28. The normalized spacial score (nSPS) is 13.9. The fourth-order valence-electron chi connectivity index (χ4n) is 5.55. The number of rotatable bonds is 37. The fraction of sp³-hybridized carbons (Fsp3) is 0.919. The SMILES string of the molecule is CCCCCCCCCCCCCCCCCCCCC(=O)OCC(O)COP(=O)(O)OCC(NC(=O)CCCCCCCCC)C(=O)O. The lowest BCUT2D eigenvalue weighted by atomic mass is 10.0. The molecule has 1 amide bonds. The molecule has 11 nitrogen and oxygen atoms in total. The molecule has 0 fully saturated rings. The Kier molecular flexibility index (Phi) is 32.6. The van der Waals surface area contributed by atoms with E-state index in [9.17, 15) is 34.1 Å². The van der Waals surface area contributed by atoms with Gasteiger partial charge < -0.3 is 25.2 Å². The molecule has 4 N–H and O–H groups in total. The molecule has 290 valence electrons. The molecule has 0 aromatic rings. The van der Waals surface area contributed by atoms with Crippen molar-refractivity contribution < 1.29 is 47.8 Å². The topological polar surface area (TPSA) is 169 Å². The van der Waals surface area contributed by atoms with Crippen LogP contribution >= 0.6 is 7.82 Å². The van der Waals surface area contributed by atoms with Crippen LogP contribution in [0.25, 0.3) is 0 Å². The zero-order valence-corrected chi connectivity index (χ0v) is 31.9. The number of nitrogens with one attached hydrogen (secondary N) is 1. The number of unbranched alkanes of at least 4 members (excludes halogenated alkanes) is 23. The summed E-state index contributed by atoms with van der Waals surface area (Å²) in [4.78, 5) is 45.5. The number of phosphoric acid groups is 1. The zero-order chi connectivity index (χ0) is 36.4. The van der Waals surface area contributed by atoms with E-state index in [4.69, 9.17) is 13.8 Å². The van der Waals surface area contributed by atoms with Crippen LogP contribution in [-0.4, -0.2) is 64.9 Å². The highest BCUT2D eigenvalue weighted by atomic mass is 31.2. The second kappa shape index (κ2) is 33.6. The Morgan fingerprint density at radius 2 is 0.939 bits per heavy atom. The van der Waals surface area contributed by atoms with Crippen molar-refractivity contribution in [2.24, 2.45) is 0 Å². The van der Waals surface area contributed by atoms with Crippen LogP contribution in [0, 0.1) is 0 Å². The van der Waals surface area contributed by atoms with E-state index in [-0.39, 0.29) is 12.8 Å². The third kappa shape index (κ3) is 33.4. The lowest BCUT2D eigenvalue weighted by molar-refractivity contribution is -0.147. The van der Waals surface area contributed by atoms with E-state index in [2.05, 4.69) is 19.2 Å². The van der Waals surface area contributed by atoms with Gasteiger partial charge in [-0.1, -0.05) is 162 Å². The van der Waals surface area contributed by atoms with Crippen molar-refractivity contribution in [3.63, 3.8) is 0 Å². The molecule has 0 spiro atoms. The van der Waals surface area contributed by atoms with Gasteiger partial charge in [0.05, 0.1) is 13.2 Å². The molecule has 0 rings (SSSR count). The number of aliphatic hydroxyl groups is 1. The number of esters is 1. The minimum atomic E-state index is -4.73. The van der Waals surface area contributed by atoms with Crippen LogP contribution in [0.4, 0.5) is 0 Å². The van der Waals surface area contributed by atoms with Crippen LogP contribution in [0.15, 0.2) is 0 Å². The first-order valence-corrected chi connectivity index (χ1v) is 21.1. The average molecular weight is 722 g/mol. The van der Waals surface area contributed by atoms with Gasteiger partial charge in [-0.3, -0.25) is 18.6 Å². The van der Waals surface area contributed by atoms with Gasteiger partial charge in [0.1, 0.15) is 12.7 Å². The lowest BCUT2D eigenvalue weighted by Gasteiger charge is -2.18. The van der Waals surface area contributed by atoms with Gasteiger partial charge in [0.2, 0.25) is 5.91 Å². The number of carboxylic acids is 1. The van der Waals surface area contributed by atoms with Gasteiger partial charge in [0, 0.05) is 12.8 Å². The van der Waals surface area contributed by atoms with Gasteiger partial charge in [0.15, 0.2) is 6.04 Å². The first kappa shape index (κ1) is 47.5. The monoisotopic (exact) mass is 721 g/mol. The summed E-state index contributed by atoms with van der Waals surface area (Å²) in [7, 11) is -4.73. The summed E-state index contributed by atoms with van der Waals surface area (Å²) < 4.78 is 26.7. The Bertz CT molecular complexity index is 859. The Balaban J connectivity index is 3.82. The Labute approximate surface area is 297 Å². The molecule has 0 saturated heterocycles. The van der Waals surface area contributed by atoms with Crippen LogP contribution in [-0.2, 0) is 32.7 Å². The summed E-state index contributed by atoms with van der Waals surface area (Å²) in [6.07, 6.45) is 28.8. The largest absolute Gasteiger partial charge is 0.480 e. The van der Waals surface area contributed by atoms with Crippen molar-refractivity contribution >= 4 is 25.7 Å². The number of aliphatic carboxylic acids is 1. The maximum Gasteiger partial charge on any atom is 0.472 e. The van der Waals surface area contributed by atoms with Crippen LogP contribution in [0.3, 0.4) is 0 Å². The van der Waals surface area contributed by atoms with Gasteiger partial charge in [-0.15, -0.1) is 0 Å². The minimum Gasteiger partial charge on any atom is -0.480 e. The molecule has 49 heavy (non-hydrogen) atoms. The molecule has 0 bridgehead atoms. The zero-order valence-electron chi connectivity index (χ0n) is 31.0. The summed E-state index contributed by atoms with van der Waals surface area (Å²) in [5.41, 5.74) is 0. The summed E-state index contributed by atoms with van der Waals surface area (Å²) in [6.45, 7) is 2.53. The standard InChI is InChI=1S/C37H72NO10P/c1-3-5-7-9-11-12-13-14-15-16-17-18-19-20-21-23-25-27-29-36(41)46-30-33(39)31-47-49(44,45)48-32-34(37(42)43)38-35(40)28-26-24-22-10-8-6-4-2/h33-34,39H,3-32H2,1-2H3,(H,38,40)(H,42,43)(H,44,45). The first-order valence-electron chi connectivity index (χ1n) is 19.6. The minimum absolute atomic E-state index is 0.148. The molecular formula is C37H72NO10P. The van der Waals surface area contributed by atoms with Gasteiger partial charge in [0.25, 0.3) is 0 Å². The molecule has 0 heterocycles. The highest BCUT2D eigenvalue weighted by Crippen LogP contribution is 2.43. The molecule has 0 radical (unpaired) electrons. The Morgan fingerprint density at radius 3 is 1.35 bits per heavy atom. The Hall–Kier alpha value is -1.52. The molecular weight excluding hydrogens is 649 g/mol. The molecule has 0 aliphatic rings. The number of aliphatic hydroxyl groups excluding tert-OH is 1. The number of amides is 1. The molecule has 0 aromatic heterocycles. The smallest absolute Gasteiger partial charge is 0.472 e. The number of hydrogen-bond donors (Lipinski definition) is 4. The van der Waals surface area contributed by atoms with Crippen molar-refractivity contribution in [2.75, 3.05) is 19.8 Å². The fourth-order valence-corrected chi connectivity index (χ4v) is 6.32. The van der Waals surface area contributed by atoms with Crippen molar-refractivity contribution in [1.82, 2.24) is 5.32 Å². The predicted octanol–water partition coefficient (Wildman–Crippen LogP) is 9.17. The summed E-state index contributed by atoms with van der Waals surface area (Å²) in [5.74, 6) is -2.37. The van der Waals surface area contributed by atoms with Gasteiger partial charge in [-0.25, -0.2) is 9.36 Å². The number of phosphoric ester groups is 1. The van der Waals surface area contributed by atoms with Crippen LogP contribution < -0.4 is 5.32 Å². The summed E-state index contributed by atoms with van der Waals surface area (Å²) >= 11 is 0. The van der Waals surface area contributed by atoms with Crippen LogP contribution in [0.5, 0.6) is 0 Å². The van der Waals surface area contributed by atoms with E-state index in [0.29, 0.717) is 12.8 Å². The number of hydrogen-bond acceptors (Lipinski definition) is 8. The third-order valence-electron chi connectivity index (χ3n) is 8.65. The van der Waals surface area contributed by atoms with E-state index in [1.54, 1.807) is 0 Å². The molecule has 3 atom stereocenters. The quantitative estimate of drug-likeness (QED) is 0.0276. The van der Waals surface area contributed by atoms with E-state index in [0.717, 1.165) is 51.4 Å². The maximum absolute atomic E-state index is 12.2. The van der Waals surface area contributed by atoms with Gasteiger partial charge in [-0.2, -0.15) is 0 Å². The number of carbonyl (C=O) groups excluding carboxylic acids is 2. The maximum atomic E-state index is 12.2. The van der Waals surface area contributed by atoms with E-state index in [1.807, 2.05) is 0 Å². The lowest BCUT2D eigenvalue weighted by Crippen LogP contribution is -2.43. The van der Waals surface area contributed by atoms with E-state index in [1.165, 1.54) is 96.3 Å². The predicted molar refractivity (Wildman–Crippen MR) is 194 cm³/mol. The van der Waals surface area contributed by atoms with Crippen molar-refractivity contribution in [2.45, 2.75) is 199 Å². The third-order valence-corrected chi connectivity index (χ3v) is 9.60. The number of carbonyl (C=O) groups is 3. The van der Waals surface area contributed by atoms with Crippen LogP contribution in [0.2, 0.25) is 0 Å². The Morgan fingerprint density at radius 1 is 0.571 bits per heavy atom. The second-order valence-electron chi connectivity index (χ2n) is 13.5. The molecule has 12 heteroatoms. The molecule has 0 aromatic carbocycles. The molecule has 0 saturated carbocycles. The molecule has 0 aliphatic carbocycles. The average Bonchev–Trinajstić information content (AvgIpc) is 3.07.